The van der Waals surface area contributed by atoms with Gasteiger partial charge in [0, 0.05) is 6.92 Å². The second kappa shape index (κ2) is 4.11. The van der Waals surface area contributed by atoms with Gasteiger partial charge in [-0.2, -0.15) is 0 Å². The molecule has 0 aromatic carbocycles. The molecule has 13 heavy (non-hydrogen) atoms. The van der Waals surface area contributed by atoms with Crippen LogP contribution in [-0.4, -0.2) is 20.0 Å². The lowest BCUT2D eigenvalue weighted by atomic mass is 10.3. The first-order valence-corrected chi connectivity index (χ1v) is 5.14. The Morgan fingerprint density at radius 3 is 2.23 bits per heavy atom. The van der Waals surface area contributed by atoms with E-state index in [1.165, 1.54) is 25.4 Å². The molecule has 1 heterocycles. The van der Waals surface area contributed by atoms with Gasteiger partial charge in [0.1, 0.15) is 8.66 Å². The summed E-state index contributed by atoms with van der Waals surface area (Å²) in [7, 11) is 3.06. The summed E-state index contributed by atoms with van der Waals surface area (Å²) in [6.07, 6.45) is 0. The van der Waals surface area contributed by atoms with Gasteiger partial charge < -0.3 is 9.47 Å². The van der Waals surface area contributed by atoms with Gasteiger partial charge in [0.25, 0.3) is 0 Å². The van der Waals surface area contributed by atoms with Crippen molar-refractivity contribution in [3.05, 3.63) is 8.66 Å². The molecule has 5 heteroatoms. The molecule has 0 amide bonds. The number of ketones is 1. The molecule has 1 aromatic rings. The Balaban J connectivity index is 3.29. The van der Waals surface area contributed by atoms with Crippen molar-refractivity contribution >= 4 is 33.0 Å². The highest BCUT2D eigenvalue weighted by Gasteiger charge is 2.20. The summed E-state index contributed by atoms with van der Waals surface area (Å²) in [4.78, 5) is 11.7. The Hall–Kier alpha value is -0.550. The van der Waals surface area contributed by atoms with Crippen molar-refractivity contribution in [3.63, 3.8) is 0 Å². The lowest BCUT2D eigenvalue weighted by Gasteiger charge is -2.02. The van der Waals surface area contributed by atoms with Crippen molar-refractivity contribution in [3.8, 4) is 11.5 Å². The third-order valence-electron chi connectivity index (χ3n) is 1.51. The number of Topliss-reactive ketones (excluding diaryl/α,β-unsaturated/α-hetero) is 1. The zero-order chi connectivity index (χ0) is 10.0. The summed E-state index contributed by atoms with van der Waals surface area (Å²) in [6.45, 7) is 1.50. The summed E-state index contributed by atoms with van der Waals surface area (Å²) < 4.78 is 10.9. The molecule has 0 bridgehead atoms. The molecule has 0 fully saturated rings. The second-order valence-electron chi connectivity index (χ2n) is 2.33. The predicted molar refractivity (Wildman–Crippen MR) is 55.1 cm³/mol. The summed E-state index contributed by atoms with van der Waals surface area (Å²) in [6, 6.07) is 0. The fourth-order valence-electron chi connectivity index (χ4n) is 0.965. The molecule has 0 N–H and O–H groups in total. The molecule has 1 rings (SSSR count). The van der Waals surface area contributed by atoms with Crippen LogP contribution in [0.15, 0.2) is 3.79 Å². The zero-order valence-electron chi connectivity index (χ0n) is 7.51. The van der Waals surface area contributed by atoms with Crippen LogP contribution in [0.3, 0.4) is 0 Å². The maximum absolute atomic E-state index is 11.2. The maximum atomic E-state index is 11.2. The molecule has 0 saturated carbocycles. The highest BCUT2D eigenvalue weighted by atomic mass is 79.9. The van der Waals surface area contributed by atoms with Gasteiger partial charge in [-0.05, 0) is 15.9 Å². The fourth-order valence-corrected chi connectivity index (χ4v) is 2.65. The summed E-state index contributed by atoms with van der Waals surface area (Å²) in [5.41, 5.74) is 0. The Labute approximate surface area is 88.8 Å². The minimum Gasteiger partial charge on any atom is -0.491 e. The van der Waals surface area contributed by atoms with Crippen LogP contribution in [0.5, 0.6) is 11.5 Å². The number of carbonyl (C=O) groups excluding carboxylic acids is 1. The molecule has 0 atom stereocenters. The first kappa shape index (κ1) is 10.5. The van der Waals surface area contributed by atoms with Crippen LogP contribution in [0.2, 0.25) is 0 Å². The van der Waals surface area contributed by atoms with E-state index in [2.05, 4.69) is 15.9 Å². The zero-order valence-corrected chi connectivity index (χ0v) is 9.91. The molecule has 0 aliphatic rings. The lowest BCUT2D eigenvalue weighted by molar-refractivity contribution is 0.101. The van der Waals surface area contributed by atoms with E-state index in [-0.39, 0.29) is 5.78 Å². The van der Waals surface area contributed by atoms with Crippen LogP contribution in [0, 0.1) is 0 Å². The van der Waals surface area contributed by atoms with Gasteiger partial charge in [0.15, 0.2) is 17.3 Å². The average Bonchev–Trinajstić information content (AvgIpc) is 2.41. The van der Waals surface area contributed by atoms with Crippen LogP contribution in [0.4, 0.5) is 0 Å². The topological polar surface area (TPSA) is 35.5 Å². The quantitative estimate of drug-likeness (QED) is 0.788. The van der Waals surface area contributed by atoms with E-state index in [4.69, 9.17) is 9.47 Å². The molecule has 3 nitrogen and oxygen atoms in total. The van der Waals surface area contributed by atoms with Crippen LogP contribution < -0.4 is 9.47 Å². The number of ether oxygens (including phenoxy) is 2. The molecule has 0 aliphatic heterocycles. The van der Waals surface area contributed by atoms with E-state index in [9.17, 15) is 4.79 Å². The van der Waals surface area contributed by atoms with E-state index in [1.54, 1.807) is 7.11 Å². The molecular weight excluding hydrogens is 256 g/mol. The molecule has 72 valence electrons. The van der Waals surface area contributed by atoms with Crippen molar-refractivity contribution in [2.45, 2.75) is 6.92 Å². The Morgan fingerprint density at radius 1 is 1.31 bits per heavy atom. The lowest BCUT2D eigenvalue weighted by Crippen LogP contribution is -1.93. The van der Waals surface area contributed by atoms with Gasteiger partial charge in [-0.3, -0.25) is 4.79 Å². The van der Waals surface area contributed by atoms with Gasteiger partial charge in [-0.15, -0.1) is 11.3 Å². The molecule has 0 spiro atoms. The molecule has 0 unspecified atom stereocenters. The third-order valence-corrected chi connectivity index (χ3v) is 3.40. The molecular formula is C8H9BrO3S. The van der Waals surface area contributed by atoms with Crippen LogP contribution in [0.25, 0.3) is 0 Å². The van der Waals surface area contributed by atoms with Gasteiger partial charge >= 0.3 is 0 Å². The van der Waals surface area contributed by atoms with Crippen molar-refractivity contribution in [1.82, 2.24) is 0 Å². The first-order chi connectivity index (χ1) is 6.11. The number of carbonyl (C=O) groups is 1. The monoisotopic (exact) mass is 264 g/mol. The third kappa shape index (κ3) is 1.86. The van der Waals surface area contributed by atoms with Crippen molar-refractivity contribution in [2.75, 3.05) is 14.2 Å². The largest absolute Gasteiger partial charge is 0.491 e. The molecule has 0 aliphatic carbocycles. The Bertz CT molecular complexity index is 332. The van der Waals surface area contributed by atoms with E-state index >= 15 is 0 Å². The standard InChI is InChI=1S/C8H9BrO3S/c1-4(10)7-5(11-2)6(12-3)8(9)13-7/h1-3H3. The molecule has 0 saturated heterocycles. The Kier molecular flexibility index (Phi) is 3.33. The second-order valence-corrected chi connectivity index (χ2v) is 4.67. The smallest absolute Gasteiger partial charge is 0.186 e. The fraction of sp³-hybridized carbons (Fsp3) is 0.375. The van der Waals surface area contributed by atoms with Gasteiger partial charge in [-0.1, -0.05) is 0 Å². The maximum Gasteiger partial charge on any atom is 0.186 e. The van der Waals surface area contributed by atoms with Crippen LogP contribution in [-0.2, 0) is 0 Å². The van der Waals surface area contributed by atoms with Crippen molar-refractivity contribution in [1.29, 1.82) is 0 Å². The number of thiophene rings is 1. The van der Waals surface area contributed by atoms with E-state index < -0.39 is 0 Å². The van der Waals surface area contributed by atoms with E-state index in [1.807, 2.05) is 0 Å². The SMILES string of the molecule is COc1c(Br)sc(C(C)=O)c1OC. The minimum absolute atomic E-state index is 0.0224. The number of hydrogen-bond acceptors (Lipinski definition) is 4. The number of hydrogen-bond donors (Lipinski definition) is 0. The van der Waals surface area contributed by atoms with Crippen LogP contribution >= 0.6 is 27.3 Å². The highest BCUT2D eigenvalue weighted by molar-refractivity contribution is 9.11. The van der Waals surface area contributed by atoms with Gasteiger partial charge in [0.2, 0.25) is 0 Å². The summed E-state index contributed by atoms with van der Waals surface area (Å²) in [5.74, 6) is 1.07. The van der Waals surface area contributed by atoms with Crippen LogP contribution in [0.1, 0.15) is 16.6 Å². The minimum atomic E-state index is -0.0224. The Morgan fingerprint density at radius 2 is 1.85 bits per heavy atom. The predicted octanol–water partition coefficient (Wildman–Crippen LogP) is 2.73. The highest BCUT2D eigenvalue weighted by Crippen LogP contribution is 2.45. The number of rotatable bonds is 3. The summed E-state index contributed by atoms with van der Waals surface area (Å²) >= 11 is 4.61. The molecule has 0 radical (unpaired) electrons. The first-order valence-electron chi connectivity index (χ1n) is 3.53. The number of halogens is 1. The number of methoxy groups -OCH3 is 2. The normalized spacial score (nSPS) is 9.85. The van der Waals surface area contributed by atoms with Crippen molar-refractivity contribution in [2.24, 2.45) is 0 Å². The molecule has 1 aromatic heterocycles. The van der Waals surface area contributed by atoms with Crippen molar-refractivity contribution < 1.29 is 14.3 Å². The van der Waals surface area contributed by atoms with E-state index in [0.29, 0.717) is 16.4 Å². The van der Waals surface area contributed by atoms with Gasteiger partial charge in [-0.25, -0.2) is 0 Å². The average molecular weight is 265 g/mol. The van der Waals surface area contributed by atoms with E-state index in [0.717, 1.165) is 3.79 Å². The van der Waals surface area contributed by atoms with Gasteiger partial charge in [0.05, 0.1) is 14.2 Å². The summed E-state index contributed by atoms with van der Waals surface area (Å²) in [5, 5.41) is 0.